The van der Waals surface area contributed by atoms with Crippen LogP contribution < -0.4 is 24.2 Å². The Balaban J connectivity index is 2.08. The van der Waals surface area contributed by atoms with Gasteiger partial charge in [0.25, 0.3) is 0 Å². The van der Waals surface area contributed by atoms with Gasteiger partial charge in [-0.3, -0.25) is 10.3 Å². The number of methoxy groups -OCH3 is 2. The van der Waals surface area contributed by atoms with Gasteiger partial charge in [0.15, 0.2) is 6.61 Å². The minimum absolute atomic E-state index is 0.0416. The standard InChI is InChI=1S/C15H16F3N5O6S/c1-27-11-6-12(28-2)21-13(20-11)22-14(24)23-30(25,26)7-9-10(4-3-5-19-9)29-8-15(16,17)18/h3-6H,7-8H2,1-2H3,(H2,20,21,22,23,24). The number of hydrogen-bond acceptors (Lipinski definition) is 9. The van der Waals surface area contributed by atoms with Crippen LogP contribution in [0.4, 0.5) is 23.9 Å². The number of nitrogens with zero attached hydrogens (tertiary/aromatic N) is 3. The predicted molar refractivity (Wildman–Crippen MR) is 95.7 cm³/mol. The van der Waals surface area contributed by atoms with Crippen LogP contribution in [0.25, 0.3) is 0 Å². The van der Waals surface area contributed by atoms with Crippen LogP contribution in [0.1, 0.15) is 5.69 Å². The average molecular weight is 451 g/mol. The Morgan fingerprint density at radius 3 is 2.37 bits per heavy atom. The van der Waals surface area contributed by atoms with E-state index in [-0.39, 0.29) is 29.2 Å². The number of rotatable bonds is 8. The van der Waals surface area contributed by atoms with E-state index < -0.39 is 34.6 Å². The largest absolute Gasteiger partial charge is 0.482 e. The van der Waals surface area contributed by atoms with E-state index in [0.717, 1.165) is 6.07 Å². The molecule has 0 fully saturated rings. The second kappa shape index (κ2) is 9.43. The molecular formula is C15H16F3N5O6S. The Labute approximate surface area is 168 Å². The molecule has 0 aliphatic rings. The van der Waals surface area contributed by atoms with E-state index in [0.29, 0.717) is 0 Å². The summed E-state index contributed by atoms with van der Waals surface area (Å²) < 4.78 is 77.5. The fraction of sp³-hybridized carbons (Fsp3) is 0.333. The number of halogens is 3. The molecule has 2 aromatic rings. The Hall–Kier alpha value is -3.36. The first kappa shape index (κ1) is 22.9. The lowest BCUT2D eigenvalue weighted by atomic mass is 10.3. The van der Waals surface area contributed by atoms with Crippen LogP contribution in [-0.2, 0) is 15.8 Å². The number of ether oxygens (including phenoxy) is 3. The van der Waals surface area contributed by atoms with Crippen LogP contribution in [0, 0.1) is 0 Å². The highest BCUT2D eigenvalue weighted by molar-refractivity contribution is 7.89. The summed E-state index contributed by atoms with van der Waals surface area (Å²) in [6.45, 7) is -1.63. The first-order valence-corrected chi connectivity index (χ1v) is 9.58. The van der Waals surface area contributed by atoms with E-state index in [2.05, 4.69) is 25.0 Å². The minimum Gasteiger partial charge on any atom is -0.482 e. The zero-order chi connectivity index (χ0) is 22.4. The number of alkyl halides is 3. The third-order valence-corrected chi connectivity index (χ3v) is 4.29. The number of anilines is 1. The number of aromatic nitrogens is 3. The normalized spacial score (nSPS) is 11.5. The molecule has 0 aromatic carbocycles. The zero-order valence-electron chi connectivity index (χ0n) is 15.6. The van der Waals surface area contributed by atoms with Crippen molar-refractivity contribution in [3.8, 4) is 17.5 Å². The molecule has 30 heavy (non-hydrogen) atoms. The number of pyridine rings is 1. The van der Waals surface area contributed by atoms with Crippen molar-refractivity contribution in [1.29, 1.82) is 0 Å². The number of carbonyl (C=O) groups excluding carboxylic acids is 1. The summed E-state index contributed by atoms with van der Waals surface area (Å²) in [4.78, 5) is 23.3. The fourth-order valence-corrected chi connectivity index (χ4v) is 2.96. The lowest BCUT2D eigenvalue weighted by Gasteiger charge is -2.13. The predicted octanol–water partition coefficient (Wildman–Crippen LogP) is 1.48. The van der Waals surface area contributed by atoms with Crippen molar-refractivity contribution >= 4 is 22.0 Å². The maximum atomic E-state index is 12.3. The number of nitrogens with one attached hydrogen (secondary N) is 2. The molecule has 0 radical (unpaired) electrons. The van der Waals surface area contributed by atoms with Gasteiger partial charge >= 0.3 is 12.2 Å². The molecule has 15 heteroatoms. The monoisotopic (exact) mass is 451 g/mol. The maximum Gasteiger partial charge on any atom is 0.422 e. The van der Waals surface area contributed by atoms with E-state index in [9.17, 15) is 26.4 Å². The van der Waals surface area contributed by atoms with Crippen LogP contribution in [0.5, 0.6) is 17.5 Å². The van der Waals surface area contributed by atoms with Crippen molar-refractivity contribution in [2.75, 3.05) is 26.1 Å². The van der Waals surface area contributed by atoms with Gasteiger partial charge in [0, 0.05) is 6.20 Å². The molecule has 0 saturated carbocycles. The SMILES string of the molecule is COc1cc(OC)nc(NC(=O)NS(=O)(=O)Cc2ncccc2OCC(F)(F)F)n1. The molecule has 0 aliphatic heterocycles. The van der Waals surface area contributed by atoms with Crippen molar-refractivity contribution in [3.05, 3.63) is 30.1 Å². The Morgan fingerprint density at radius 1 is 1.17 bits per heavy atom. The second-order valence-electron chi connectivity index (χ2n) is 5.44. The first-order chi connectivity index (χ1) is 14.0. The van der Waals surface area contributed by atoms with Gasteiger partial charge in [0.2, 0.25) is 27.7 Å². The summed E-state index contributed by atoms with van der Waals surface area (Å²) in [7, 11) is -1.75. The van der Waals surface area contributed by atoms with Crippen LogP contribution in [-0.4, -0.2) is 56.4 Å². The van der Waals surface area contributed by atoms with Crippen molar-refractivity contribution in [1.82, 2.24) is 19.7 Å². The Bertz CT molecular complexity index is 980. The third-order valence-electron chi connectivity index (χ3n) is 3.14. The smallest absolute Gasteiger partial charge is 0.422 e. The van der Waals surface area contributed by atoms with Gasteiger partial charge in [-0.25, -0.2) is 17.9 Å². The Kier molecular flexibility index (Phi) is 7.20. The minimum atomic E-state index is -4.62. The van der Waals surface area contributed by atoms with Crippen molar-refractivity contribution < 1.29 is 40.6 Å². The Morgan fingerprint density at radius 2 is 1.80 bits per heavy atom. The molecule has 0 unspecified atom stereocenters. The topological polar surface area (TPSA) is 142 Å². The summed E-state index contributed by atoms with van der Waals surface area (Å²) in [6.07, 6.45) is -3.45. The summed E-state index contributed by atoms with van der Waals surface area (Å²) in [5.41, 5.74) is -0.318. The highest BCUT2D eigenvalue weighted by atomic mass is 32.2. The second-order valence-corrected chi connectivity index (χ2v) is 7.17. The van der Waals surface area contributed by atoms with Crippen LogP contribution in [0.3, 0.4) is 0 Å². The molecule has 0 bridgehead atoms. The molecule has 2 heterocycles. The number of carbonyl (C=O) groups is 1. The summed E-state index contributed by atoms with van der Waals surface area (Å²) in [6, 6.07) is 2.50. The van der Waals surface area contributed by atoms with E-state index in [1.54, 1.807) is 4.72 Å². The van der Waals surface area contributed by atoms with Gasteiger partial charge in [-0.15, -0.1) is 0 Å². The van der Waals surface area contributed by atoms with Crippen molar-refractivity contribution in [2.24, 2.45) is 0 Å². The molecule has 2 aromatic heterocycles. The van der Waals surface area contributed by atoms with Crippen LogP contribution in [0.2, 0.25) is 0 Å². The maximum absolute atomic E-state index is 12.3. The lowest BCUT2D eigenvalue weighted by molar-refractivity contribution is -0.153. The van der Waals surface area contributed by atoms with Gasteiger partial charge in [-0.05, 0) is 12.1 Å². The van der Waals surface area contributed by atoms with E-state index >= 15 is 0 Å². The third kappa shape index (κ3) is 7.23. The van der Waals surface area contributed by atoms with Gasteiger partial charge in [0.05, 0.1) is 26.0 Å². The van der Waals surface area contributed by atoms with Gasteiger partial charge < -0.3 is 14.2 Å². The first-order valence-electron chi connectivity index (χ1n) is 7.93. The molecule has 11 nitrogen and oxygen atoms in total. The van der Waals surface area contributed by atoms with Crippen molar-refractivity contribution in [2.45, 2.75) is 11.9 Å². The van der Waals surface area contributed by atoms with E-state index in [1.807, 2.05) is 0 Å². The molecule has 2 N–H and O–H groups in total. The van der Waals surface area contributed by atoms with Gasteiger partial charge in [-0.1, -0.05) is 0 Å². The molecule has 2 rings (SSSR count). The summed E-state index contributed by atoms with van der Waals surface area (Å²) >= 11 is 0. The number of sulfonamides is 1. The highest BCUT2D eigenvalue weighted by Gasteiger charge is 2.29. The highest BCUT2D eigenvalue weighted by Crippen LogP contribution is 2.22. The fourth-order valence-electron chi connectivity index (χ4n) is 1.98. The lowest BCUT2D eigenvalue weighted by Crippen LogP contribution is -2.36. The van der Waals surface area contributed by atoms with Crippen LogP contribution in [0.15, 0.2) is 24.4 Å². The van der Waals surface area contributed by atoms with Gasteiger partial charge in [0.1, 0.15) is 11.5 Å². The number of amides is 2. The zero-order valence-corrected chi connectivity index (χ0v) is 16.4. The molecule has 0 aliphatic carbocycles. The summed E-state index contributed by atoms with van der Waals surface area (Å²) in [5, 5.41) is 2.08. The number of hydrogen-bond donors (Lipinski definition) is 2. The number of urea groups is 1. The molecule has 0 atom stereocenters. The van der Waals surface area contributed by atoms with Crippen molar-refractivity contribution in [3.63, 3.8) is 0 Å². The van der Waals surface area contributed by atoms with E-state index in [1.165, 1.54) is 32.5 Å². The molecule has 0 saturated heterocycles. The molecule has 2 amide bonds. The van der Waals surface area contributed by atoms with E-state index in [4.69, 9.17) is 9.47 Å². The average Bonchev–Trinajstić information content (AvgIpc) is 2.65. The van der Waals surface area contributed by atoms with Gasteiger partial charge in [-0.2, -0.15) is 23.1 Å². The van der Waals surface area contributed by atoms with Crippen LogP contribution >= 0.6 is 0 Å². The molecule has 164 valence electrons. The quantitative estimate of drug-likeness (QED) is 0.610. The summed E-state index contributed by atoms with van der Waals surface area (Å²) in [5.74, 6) is -1.54. The molecule has 0 spiro atoms. The molecular weight excluding hydrogens is 435 g/mol.